The van der Waals surface area contributed by atoms with E-state index < -0.39 is 13.7 Å². The number of hydrogen-bond acceptors (Lipinski definition) is 0. The standard InChI is InChI=1S/C23H24F2P/c1-17-10-4-7-13-20(17)26(16-23(24)25,21-14-8-5-11-18(21)2)22-15-9-6-12-19(22)3/h4-15,23H,16H2,1-3H3/q+1. The fourth-order valence-electron chi connectivity index (χ4n) is 3.87. The number of aryl methyl sites for hydroxylation is 3. The molecule has 0 nitrogen and oxygen atoms in total. The molecule has 3 aromatic carbocycles. The topological polar surface area (TPSA) is 0 Å². The van der Waals surface area contributed by atoms with Crippen LogP contribution >= 0.6 is 7.26 Å². The molecule has 0 saturated heterocycles. The molecule has 0 aliphatic heterocycles. The van der Waals surface area contributed by atoms with E-state index in [2.05, 4.69) is 0 Å². The molecule has 0 atom stereocenters. The van der Waals surface area contributed by atoms with Gasteiger partial charge in [0.15, 0.2) is 0 Å². The number of hydrogen-bond donors (Lipinski definition) is 0. The normalized spacial score (nSPS) is 11.8. The third-order valence-corrected chi connectivity index (χ3v) is 9.79. The van der Waals surface area contributed by atoms with Gasteiger partial charge in [0.25, 0.3) is 6.43 Å². The largest absolute Gasteiger partial charge is 0.272 e. The molecule has 0 aliphatic carbocycles. The van der Waals surface area contributed by atoms with E-state index in [1.165, 1.54) is 0 Å². The molecule has 0 aromatic heterocycles. The van der Waals surface area contributed by atoms with E-state index in [0.29, 0.717) is 0 Å². The summed E-state index contributed by atoms with van der Waals surface area (Å²) >= 11 is 0. The summed E-state index contributed by atoms with van der Waals surface area (Å²) in [6.45, 7) is 6.10. The Morgan fingerprint density at radius 2 is 0.923 bits per heavy atom. The molecule has 0 spiro atoms. The highest BCUT2D eigenvalue weighted by molar-refractivity contribution is 7.96. The van der Waals surface area contributed by atoms with Gasteiger partial charge < -0.3 is 0 Å². The number of benzene rings is 3. The van der Waals surface area contributed by atoms with Gasteiger partial charge in [-0.2, -0.15) is 0 Å². The highest BCUT2D eigenvalue weighted by Gasteiger charge is 2.50. The van der Waals surface area contributed by atoms with Crippen LogP contribution in [0.5, 0.6) is 0 Å². The molecular formula is C23H24F2P+. The van der Waals surface area contributed by atoms with Gasteiger partial charge in [0, 0.05) is 0 Å². The summed E-state index contributed by atoms with van der Waals surface area (Å²) in [7, 11) is -2.47. The van der Waals surface area contributed by atoms with Crippen molar-refractivity contribution >= 4 is 23.2 Å². The molecule has 0 unspecified atom stereocenters. The molecule has 0 bridgehead atoms. The Hall–Kier alpha value is -2.05. The van der Waals surface area contributed by atoms with Crippen molar-refractivity contribution in [3.63, 3.8) is 0 Å². The summed E-state index contributed by atoms with van der Waals surface area (Å²) in [6.07, 6.45) is -2.50. The van der Waals surface area contributed by atoms with Crippen LogP contribution in [0.15, 0.2) is 72.8 Å². The van der Waals surface area contributed by atoms with Crippen LogP contribution in [-0.2, 0) is 0 Å². The van der Waals surface area contributed by atoms with Crippen LogP contribution in [-0.4, -0.2) is 12.6 Å². The zero-order valence-corrected chi connectivity index (χ0v) is 16.3. The summed E-state index contributed by atoms with van der Waals surface area (Å²) in [5.41, 5.74) is 3.23. The minimum Gasteiger partial charge on any atom is -0.206 e. The molecule has 134 valence electrons. The molecule has 0 heterocycles. The zero-order valence-electron chi connectivity index (χ0n) is 15.4. The van der Waals surface area contributed by atoms with E-state index >= 15 is 0 Å². The van der Waals surface area contributed by atoms with Gasteiger partial charge >= 0.3 is 0 Å². The van der Waals surface area contributed by atoms with Crippen molar-refractivity contribution in [2.75, 3.05) is 6.16 Å². The van der Waals surface area contributed by atoms with Crippen LogP contribution in [0.3, 0.4) is 0 Å². The van der Waals surface area contributed by atoms with Gasteiger partial charge in [-0.15, -0.1) is 0 Å². The zero-order chi connectivity index (χ0) is 18.7. The quantitative estimate of drug-likeness (QED) is 0.544. The van der Waals surface area contributed by atoms with Crippen molar-refractivity contribution in [1.82, 2.24) is 0 Å². The van der Waals surface area contributed by atoms with Gasteiger partial charge in [-0.05, 0) is 55.7 Å². The van der Waals surface area contributed by atoms with Crippen LogP contribution in [0.4, 0.5) is 8.78 Å². The van der Waals surface area contributed by atoms with Gasteiger partial charge in [-0.1, -0.05) is 54.6 Å². The Balaban J connectivity index is 2.46. The fraction of sp³-hybridized carbons (Fsp3) is 0.217. The molecular weight excluding hydrogens is 345 g/mol. The first-order valence-electron chi connectivity index (χ1n) is 8.81. The van der Waals surface area contributed by atoms with Crippen molar-refractivity contribution in [1.29, 1.82) is 0 Å². The lowest BCUT2D eigenvalue weighted by Gasteiger charge is -2.30. The lowest BCUT2D eigenvalue weighted by molar-refractivity contribution is 0.175. The van der Waals surface area contributed by atoms with Gasteiger partial charge in [0.2, 0.25) is 0 Å². The summed E-state index contributed by atoms with van der Waals surface area (Å²) in [6, 6.07) is 24.1. The Morgan fingerprint density at radius 1 is 0.615 bits per heavy atom. The van der Waals surface area contributed by atoms with Crippen molar-refractivity contribution in [3.05, 3.63) is 89.5 Å². The van der Waals surface area contributed by atoms with Crippen molar-refractivity contribution in [3.8, 4) is 0 Å². The van der Waals surface area contributed by atoms with Gasteiger partial charge in [0.05, 0.1) is 0 Å². The minimum absolute atomic E-state index is 0.131. The van der Waals surface area contributed by atoms with E-state index in [9.17, 15) is 8.78 Å². The second-order valence-electron chi connectivity index (χ2n) is 6.74. The maximum atomic E-state index is 14.0. The molecule has 0 aliphatic rings. The number of halogens is 2. The van der Waals surface area contributed by atoms with E-state index in [1.807, 2.05) is 93.6 Å². The van der Waals surface area contributed by atoms with Crippen LogP contribution in [0.2, 0.25) is 0 Å². The molecule has 26 heavy (non-hydrogen) atoms. The van der Waals surface area contributed by atoms with E-state index in [4.69, 9.17) is 0 Å². The summed E-state index contributed by atoms with van der Waals surface area (Å²) in [5.74, 6) is 0. The van der Waals surface area contributed by atoms with Crippen LogP contribution in [0.1, 0.15) is 16.7 Å². The molecule has 0 radical (unpaired) electrons. The minimum atomic E-state index is -2.47. The van der Waals surface area contributed by atoms with Crippen molar-refractivity contribution in [2.45, 2.75) is 27.2 Å². The van der Waals surface area contributed by atoms with E-state index in [-0.39, 0.29) is 6.16 Å². The molecule has 0 fully saturated rings. The molecule has 3 aromatic rings. The van der Waals surface area contributed by atoms with Crippen LogP contribution < -0.4 is 15.9 Å². The third kappa shape index (κ3) is 3.31. The first-order valence-corrected chi connectivity index (χ1v) is 10.8. The van der Waals surface area contributed by atoms with Crippen LogP contribution in [0, 0.1) is 20.8 Å². The highest BCUT2D eigenvalue weighted by atomic mass is 31.2. The Morgan fingerprint density at radius 3 is 1.19 bits per heavy atom. The van der Waals surface area contributed by atoms with Gasteiger partial charge in [0.1, 0.15) is 29.3 Å². The average Bonchev–Trinajstić information content (AvgIpc) is 2.61. The lowest BCUT2D eigenvalue weighted by atomic mass is 10.2. The van der Waals surface area contributed by atoms with Crippen molar-refractivity contribution in [2.24, 2.45) is 0 Å². The average molecular weight is 369 g/mol. The molecule has 0 N–H and O–H groups in total. The molecule has 0 saturated carbocycles. The predicted molar refractivity (Wildman–Crippen MR) is 110 cm³/mol. The summed E-state index contributed by atoms with van der Waals surface area (Å²) < 4.78 is 28.0. The van der Waals surface area contributed by atoms with E-state index in [1.54, 1.807) is 0 Å². The second kappa shape index (κ2) is 7.68. The summed E-state index contributed by atoms with van der Waals surface area (Å²) in [5, 5.41) is 3.18. The molecule has 3 rings (SSSR count). The second-order valence-corrected chi connectivity index (χ2v) is 10.2. The first kappa shape index (κ1) is 18.7. The summed E-state index contributed by atoms with van der Waals surface area (Å²) in [4.78, 5) is 0. The van der Waals surface area contributed by atoms with Crippen LogP contribution in [0.25, 0.3) is 0 Å². The maximum absolute atomic E-state index is 14.0. The maximum Gasteiger partial charge on any atom is 0.272 e. The highest BCUT2D eigenvalue weighted by Crippen LogP contribution is 2.58. The smallest absolute Gasteiger partial charge is 0.206 e. The fourth-order valence-corrected chi connectivity index (χ4v) is 8.70. The molecule has 3 heteroatoms. The SMILES string of the molecule is Cc1ccccc1[P+](CC(F)F)(c1ccccc1C)c1ccccc1C. The Bertz CT molecular complexity index is 791. The van der Waals surface area contributed by atoms with Gasteiger partial charge in [-0.25, -0.2) is 8.78 Å². The van der Waals surface area contributed by atoms with E-state index in [0.717, 1.165) is 32.6 Å². The van der Waals surface area contributed by atoms with Crippen molar-refractivity contribution < 1.29 is 8.78 Å². The lowest BCUT2D eigenvalue weighted by Crippen LogP contribution is -2.38. The van der Waals surface area contributed by atoms with Gasteiger partial charge in [-0.3, -0.25) is 0 Å². The Labute approximate surface area is 155 Å². The third-order valence-electron chi connectivity index (χ3n) is 4.99. The monoisotopic (exact) mass is 369 g/mol. The number of alkyl halides is 2. The predicted octanol–water partition coefficient (Wildman–Crippen LogP) is 5.17. The molecule has 0 amide bonds. The Kier molecular flexibility index (Phi) is 5.53. The first-order chi connectivity index (χ1) is 12.5. The number of rotatable bonds is 5.